The molecule has 2 aliphatic rings. The van der Waals surface area contributed by atoms with Crippen LogP contribution in [0.4, 0.5) is 0 Å². The average molecular weight is 286 g/mol. The van der Waals surface area contributed by atoms with Gasteiger partial charge in [-0.15, -0.1) is 0 Å². The van der Waals surface area contributed by atoms with Crippen molar-refractivity contribution in [2.24, 2.45) is 0 Å². The van der Waals surface area contributed by atoms with E-state index in [9.17, 15) is 0 Å². The summed E-state index contributed by atoms with van der Waals surface area (Å²) in [5.41, 5.74) is 1.81. The van der Waals surface area contributed by atoms with Gasteiger partial charge in [-0.1, -0.05) is 37.3 Å². The second-order valence-electron chi connectivity index (χ2n) is 7.67. The molecule has 1 aromatic rings. The Hall–Kier alpha value is -0.860. The zero-order valence-corrected chi connectivity index (χ0v) is 14.0. The number of fused-ring (bicyclic) bond motifs is 2. The molecule has 1 aromatic carbocycles. The fraction of sp³-hybridized carbons (Fsp3) is 0.684. The van der Waals surface area contributed by atoms with Crippen molar-refractivity contribution < 1.29 is 0 Å². The van der Waals surface area contributed by atoms with Crippen LogP contribution in [0.15, 0.2) is 30.3 Å². The standard InChI is InChI=1S/C19H30N2/c1-5-15(16-9-7-6-8-10-16)12-19(2,3)21-14-17-11-18(21)13-20(17)4/h6-10,15,17-18H,5,11-14H2,1-4H3. The molecule has 0 radical (unpaired) electrons. The molecule has 0 amide bonds. The Bertz CT molecular complexity index is 466. The van der Waals surface area contributed by atoms with E-state index in [-0.39, 0.29) is 0 Å². The molecule has 2 saturated heterocycles. The molecule has 2 aliphatic heterocycles. The Kier molecular flexibility index (Phi) is 4.11. The van der Waals surface area contributed by atoms with Crippen LogP contribution in [0.3, 0.4) is 0 Å². The summed E-state index contributed by atoms with van der Waals surface area (Å²) in [5.74, 6) is 0.679. The lowest BCUT2D eigenvalue weighted by atomic mass is 9.83. The van der Waals surface area contributed by atoms with Crippen molar-refractivity contribution in [2.75, 3.05) is 20.1 Å². The molecule has 3 rings (SSSR count). The number of nitrogens with zero attached hydrogens (tertiary/aromatic N) is 2. The Labute approximate surface area is 130 Å². The number of benzene rings is 1. The van der Waals surface area contributed by atoms with Gasteiger partial charge in [0.15, 0.2) is 0 Å². The van der Waals surface area contributed by atoms with Crippen molar-refractivity contribution >= 4 is 0 Å². The number of piperazine rings is 1. The molecule has 0 spiro atoms. The highest BCUT2D eigenvalue weighted by molar-refractivity contribution is 5.20. The number of hydrogen-bond acceptors (Lipinski definition) is 2. The molecule has 2 heterocycles. The topological polar surface area (TPSA) is 6.48 Å². The maximum Gasteiger partial charge on any atom is 0.0244 e. The van der Waals surface area contributed by atoms with Gasteiger partial charge in [-0.3, -0.25) is 4.90 Å². The molecule has 2 heteroatoms. The molecule has 21 heavy (non-hydrogen) atoms. The van der Waals surface area contributed by atoms with Gasteiger partial charge in [0.25, 0.3) is 0 Å². The zero-order chi connectivity index (χ0) is 15.0. The summed E-state index contributed by atoms with van der Waals surface area (Å²) in [6, 6.07) is 12.7. The van der Waals surface area contributed by atoms with Gasteiger partial charge in [0, 0.05) is 30.7 Å². The van der Waals surface area contributed by atoms with E-state index in [0.29, 0.717) is 11.5 Å². The van der Waals surface area contributed by atoms with Crippen LogP contribution in [0, 0.1) is 0 Å². The van der Waals surface area contributed by atoms with Gasteiger partial charge in [-0.25, -0.2) is 0 Å². The number of likely N-dealkylation sites (N-methyl/N-ethyl adjacent to an activating group) is 1. The average Bonchev–Trinajstić information content (AvgIpc) is 3.05. The number of likely N-dealkylation sites (tertiary alicyclic amines) is 2. The number of hydrogen-bond donors (Lipinski definition) is 0. The van der Waals surface area contributed by atoms with Crippen LogP contribution in [0.1, 0.15) is 51.5 Å². The zero-order valence-electron chi connectivity index (χ0n) is 14.0. The summed E-state index contributed by atoms with van der Waals surface area (Å²) in [7, 11) is 2.29. The van der Waals surface area contributed by atoms with Crippen LogP contribution in [0.25, 0.3) is 0 Å². The third-order valence-corrected chi connectivity index (χ3v) is 5.80. The molecule has 2 bridgehead atoms. The van der Waals surface area contributed by atoms with Gasteiger partial charge in [0.1, 0.15) is 0 Å². The van der Waals surface area contributed by atoms with Gasteiger partial charge in [0.2, 0.25) is 0 Å². The van der Waals surface area contributed by atoms with E-state index in [0.717, 1.165) is 12.1 Å². The molecule has 0 saturated carbocycles. The van der Waals surface area contributed by atoms with Crippen molar-refractivity contribution in [3.05, 3.63) is 35.9 Å². The Morgan fingerprint density at radius 3 is 2.38 bits per heavy atom. The third kappa shape index (κ3) is 2.89. The summed E-state index contributed by atoms with van der Waals surface area (Å²) >= 11 is 0. The Morgan fingerprint density at radius 1 is 1.14 bits per heavy atom. The second-order valence-corrected chi connectivity index (χ2v) is 7.67. The molecule has 0 aromatic heterocycles. The maximum absolute atomic E-state index is 2.79. The summed E-state index contributed by atoms with van der Waals surface area (Å²) in [6.07, 6.45) is 3.87. The molecule has 0 aliphatic carbocycles. The van der Waals surface area contributed by atoms with E-state index >= 15 is 0 Å². The summed E-state index contributed by atoms with van der Waals surface area (Å²) in [4.78, 5) is 5.34. The normalized spacial score (nSPS) is 28.2. The lowest BCUT2D eigenvalue weighted by Crippen LogP contribution is -2.54. The van der Waals surface area contributed by atoms with Crippen molar-refractivity contribution in [1.82, 2.24) is 9.80 Å². The minimum absolute atomic E-state index is 0.303. The van der Waals surface area contributed by atoms with Crippen molar-refractivity contribution in [1.29, 1.82) is 0 Å². The largest absolute Gasteiger partial charge is 0.301 e. The van der Waals surface area contributed by atoms with Crippen LogP contribution in [0.2, 0.25) is 0 Å². The Balaban J connectivity index is 1.71. The summed E-state index contributed by atoms with van der Waals surface area (Å²) in [5, 5.41) is 0. The lowest BCUT2D eigenvalue weighted by Gasteiger charge is -2.45. The van der Waals surface area contributed by atoms with Gasteiger partial charge >= 0.3 is 0 Å². The highest BCUT2D eigenvalue weighted by Crippen LogP contribution is 2.39. The Morgan fingerprint density at radius 2 is 1.86 bits per heavy atom. The molecule has 116 valence electrons. The van der Waals surface area contributed by atoms with Crippen LogP contribution in [-0.2, 0) is 0 Å². The van der Waals surface area contributed by atoms with Crippen LogP contribution < -0.4 is 0 Å². The monoisotopic (exact) mass is 286 g/mol. The molecule has 3 atom stereocenters. The van der Waals surface area contributed by atoms with Crippen LogP contribution >= 0.6 is 0 Å². The van der Waals surface area contributed by atoms with E-state index < -0.39 is 0 Å². The first kappa shape index (κ1) is 15.1. The third-order valence-electron chi connectivity index (χ3n) is 5.80. The van der Waals surface area contributed by atoms with E-state index in [2.05, 4.69) is 68.0 Å². The SMILES string of the molecule is CCC(CC(C)(C)N1CC2CC1CN2C)c1ccccc1. The predicted octanol–water partition coefficient (Wildman–Crippen LogP) is 3.74. The van der Waals surface area contributed by atoms with E-state index in [1.165, 1.54) is 37.9 Å². The maximum atomic E-state index is 2.79. The van der Waals surface area contributed by atoms with E-state index in [4.69, 9.17) is 0 Å². The van der Waals surface area contributed by atoms with Gasteiger partial charge < -0.3 is 4.90 Å². The van der Waals surface area contributed by atoms with Gasteiger partial charge in [-0.05, 0) is 51.6 Å². The minimum Gasteiger partial charge on any atom is -0.301 e. The predicted molar refractivity (Wildman–Crippen MR) is 89.7 cm³/mol. The first-order valence-electron chi connectivity index (χ1n) is 8.53. The molecule has 0 N–H and O–H groups in total. The highest BCUT2D eigenvalue weighted by Gasteiger charge is 2.47. The minimum atomic E-state index is 0.303. The van der Waals surface area contributed by atoms with Gasteiger partial charge in [-0.2, -0.15) is 0 Å². The van der Waals surface area contributed by atoms with Crippen molar-refractivity contribution in [3.8, 4) is 0 Å². The molecule has 2 nitrogen and oxygen atoms in total. The van der Waals surface area contributed by atoms with E-state index in [1.54, 1.807) is 0 Å². The quantitative estimate of drug-likeness (QED) is 0.813. The fourth-order valence-corrected chi connectivity index (χ4v) is 4.55. The van der Waals surface area contributed by atoms with Crippen LogP contribution in [-0.4, -0.2) is 47.6 Å². The fourth-order valence-electron chi connectivity index (χ4n) is 4.55. The highest BCUT2D eigenvalue weighted by atomic mass is 15.4. The first-order chi connectivity index (χ1) is 10.0. The summed E-state index contributed by atoms with van der Waals surface area (Å²) < 4.78 is 0. The van der Waals surface area contributed by atoms with Crippen LogP contribution in [0.5, 0.6) is 0 Å². The lowest BCUT2D eigenvalue weighted by molar-refractivity contribution is 0.0458. The van der Waals surface area contributed by atoms with E-state index in [1.807, 2.05) is 0 Å². The molecular weight excluding hydrogens is 256 g/mol. The second kappa shape index (κ2) is 5.73. The summed E-state index contributed by atoms with van der Waals surface area (Å²) in [6.45, 7) is 9.77. The van der Waals surface area contributed by atoms with Crippen molar-refractivity contribution in [3.63, 3.8) is 0 Å². The smallest absolute Gasteiger partial charge is 0.0244 e. The molecular formula is C19H30N2. The molecule has 2 fully saturated rings. The molecule has 3 unspecified atom stereocenters. The first-order valence-corrected chi connectivity index (χ1v) is 8.53. The van der Waals surface area contributed by atoms with Gasteiger partial charge in [0.05, 0.1) is 0 Å². The van der Waals surface area contributed by atoms with Crippen molar-refractivity contribution in [2.45, 2.75) is 63.6 Å². The number of rotatable bonds is 5.